The molecule has 1 aliphatic rings. The molecule has 0 aliphatic carbocycles. The predicted molar refractivity (Wildman–Crippen MR) is 99.4 cm³/mol. The molecular weight excluding hydrogens is 369 g/mol. The van der Waals surface area contributed by atoms with E-state index in [-0.39, 0.29) is 5.78 Å². The minimum absolute atomic E-state index is 0.0730. The van der Waals surface area contributed by atoms with Crippen molar-refractivity contribution in [1.29, 1.82) is 5.26 Å². The van der Waals surface area contributed by atoms with Gasteiger partial charge in [-0.1, -0.05) is 0 Å². The van der Waals surface area contributed by atoms with E-state index in [1.54, 1.807) is 18.2 Å². The van der Waals surface area contributed by atoms with Gasteiger partial charge in [0.15, 0.2) is 5.78 Å². The smallest absolute Gasteiger partial charge is 0.369 e. The van der Waals surface area contributed by atoms with Crippen molar-refractivity contribution in [3.8, 4) is 6.07 Å². The Bertz CT molecular complexity index is 903. The van der Waals surface area contributed by atoms with Gasteiger partial charge in [-0.25, -0.2) is 4.98 Å². The summed E-state index contributed by atoms with van der Waals surface area (Å²) >= 11 is 0. The molecule has 0 N–H and O–H groups in total. The highest BCUT2D eigenvalue weighted by atomic mass is 19.4. The van der Waals surface area contributed by atoms with Crippen LogP contribution < -0.4 is 9.80 Å². The van der Waals surface area contributed by atoms with Crippen LogP contribution in [0.15, 0.2) is 36.5 Å². The van der Waals surface area contributed by atoms with Crippen molar-refractivity contribution in [3.63, 3.8) is 0 Å². The van der Waals surface area contributed by atoms with Gasteiger partial charge in [-0.05, 0) is 43.7 Å². The first-order valence-corrected chi connectivity index (χ1v) is 8.88. The van der Waals surface area contributed by atoms with E-state index >= 15 is 0 Å². The van der Waals surface area contributed by atoms with Gasteiger partial charge in [0.25, 0.3) is 0 Å². The van der Waals surface area contributed by atoms with E-state index in [0.717, 1.165) is 18.7 Å². The first-order chi connectivity index (χ1) is 13.3. The van der Waals surface area contributed by atoms with Gasteiger partial charge in [0, 0.05) is 37.9 Å². The minimum Gasteiger partial charge on any atom is -0.369 e. The van der Waals surface area contributed by atoms with Crippen molar-refractivity contribution < 1.29 is 18.0 Å². The lowest BCUT2D eigenvalue weighted by Gasteiger charge is -2.25. The molecule has 2 aromatic rings. The summed E-state index contributed by atoms with van der Waals surface area (Å²) in [7, 11) is 0. The Morgan fingerprint density at radius 2 is 1.82 bits per heavy atom. The highest BCUT2D eigenvalue weighted by Crippen LogP contribution is 2.30. The third kappa shape index (κ3) is 4.25. The number of Topliss-reactive ketones (excluding diaryl/α,β-unsaturated/α-hetero) is 1. The van der Waals surface area contributed by atoms with E-state index in [2.05, 4.69) is 11.1 Å². The highest BCUT2D eigenvalue weighted by molar-refractivity contribution is 5.95. The van der Waals surface area contributed by atoms with Crippen LogP contribution in [0.5, 0.6) is 0 Å². The second-order valence-electron chi connectivity index (χ2n) is 6.63. The number of carbonyl (C=O) groups is 1. The normalized spacial score (nSPS) is 15.1. The van der Waals surface area contributed by atoms with Crippen LogP contribution in [0.25, 0.3) is 0 Å². The van der Waals surface area contributed by atoms with Crippen molar-refractivity contribution in [2.24, 2.45) is 0 Å². The van der Waals surface area contributed by atoms with Crippen molar-refractivity contribution in [3.05, 3.63) is 53.2 Å². The molecular formula is C20H19F3N4O. The minimum atomic E-state index is -4.41. The molecule has 0 atom stereocenters. The summed E-state index contributed by atoms with van der Waals surface area (Å²) in [5.41, 5.74) is 0.968. The predicted octanol–water partition coefficient (Wildman–Crippen LogP) is 3.89. The van der Waals surface area contributed by atoms with Gasteiger partial charge in [-0.2, -0.15) is 18.4 Å². The molecule has 1 aromatic heterocycles. The fourth-order valence-corrected chi connectivity index (χ4v) is 3.24. The fourth-order valence-electron chi connectivity index (χ4n) is 3.24. The van der Waals surface area contributed by atoms with Crippen LogP contribution in [0.2, 0.25) is 0 Å². The molecule has 1 fully saturated rings. The van der Waals surface area contributed by atoms with Gasteiger partial charge in [-0.15, -0.1) is 0 Å². The third-order valence-electron chi connectivity index (χ3n) is 4.76. The molecule has 0 amide bonds. The molecule has 8 heteroatoms. The number of carbonyl (C=O) groups excluding carboxylic acids is 1. The summed E-state index contributed by atoms with van der Waals surface area (Å²) in [6.45, 7) is 3.91. The Labute approximate surface area is 161 Å². The van der Waals surface area contributed by atoms with Gasteiger partial charge < -0.3 is 9.80 Å². The second kappa shape index (κ2) is 7.89. The molecule has 3 rings (SSSR count). The Morgan fingerprint density at radius 3 is 2.43 bits per heavy atom. The highest BCUT2D eigenvalue weighted by Gasteiger charge is 2.31. The molecule has 0 bridgehead atoms. The first kappa shape index (κ1) is 19.7. The van der Waals surface area contributed by atoms with Crippen LogP contribution >= 0.6 is 0 Å². The first-order valence-electron chi connectivity index (χ1n) is 8.88. The molecule has 0 radical (unpaired) electrons. The number of benzene rings is 1. The molecule has 28 heavy (non-hydrogen) atoms. The Kier molecular flexibility index (Phi) is 5.54. The van der Waals surface area contributed by atoms with Crippen LogP contribution in [0.3, 0.4) is 0 Å². The number of hydrogen-bond donors (Lipinski definition) is 0. The largest absolute Gasteiger partial charge is 0.417 e. The molecule has 0 saturated carbocycles. The van der Waals surface area contributed by atoms with Crippen molar-refractivity contribution in [1.82, 2.24) is 4.98 Å². The average molecular weight is 388 g/mol. The molecule has 1 saturated heterocycles. The number of nitrogens with zero attached hydrogens (tertiary/aromatic N) is 4. The van der Waals surface area contributed by atoms with Crippen LogP contribution in [0.1, 0.15) is 34.8 Å². The fraction of sp³-hybridized carbons (Fsp3) is 0.350. The zero-order valence-electron chi connectivity index (χ0n) is 15.3. The topological polar surface area (TPSA) is 60.2 Å². The maximum absolute atomic E-state index is 12.7. The maximum Gasteiger partial charge on any atom is 0.417 e. The summed E-state index contributed by atoms with van der Waals surface area (Å²) in [5, 5.41) is 9.40. The summed E-state index contributed by atoms with van der Waals surface area (Å²) in [4.78, 5) is 19.6. The van der Waals surface area contributed by atoms with Gasteiger partial charge in [0.2, 0.25) is 0 Å². The lowest BCUT2D eigenvalue weighted by atomic mass is 10.1. The van der Waals surface area contributed by atoms with Crippen molar-refractivity contribution in [2.75, 3.05) is 36.0 Å². The standard InChI is InChI=1S/C20H19F3N4O/c1-14(28)15-3-4-16(12-24)18(11-15)26-7-2-8-27(10-9-26)19-6-5-17(13-25-19)20(21,22)23/h3-6,11,13H,2,7-10H2,1H3. The SMILES string of the molecule is CC(=O)c1ccc(C#N)c(N2CCCN(c3ccc(C(F)(F)F)cn3)CC2)c1. The lowest BCUT2D eigenvalue weighted by Crippen LogP contribution is -2.31. The van der Waals surface area contributed by atoms with Gasteiger partial charge in [0.05, 0.1) is 16.8 Å². The lowest BCUT2D eigenvalue weighted by molar-refractivity contribution is -0.137. The summed E-state index contributed by atoms with van der Waals surface area (Å²) in [6.07, 6.45) is -2.81. The Balaban J connectivity index is 1.78. The molecule has 1 aromatic carbocycles. The van der Waals surface area contributed by atoms with Crippen LogP contribution in [0, 0.1) is 11.3 Å². The number of anilines is 2. The van der Waals surface area contributed by atoms with Gasteiger partial charge in [-0.3, -0.25) is 4.79 Å². The number of halogens is 3. The van der Waals surface area contributed by atoms with E-state index in [0.29, 0.717) is 48.8 Å². The van der Waals surface area contributed by atoms with E-state index in [1.807, 2.05) is 9.80 Å². The summed E-state index contributed by atoms with van der Waals surface area (Å²) in [6, 6.07) is 9.59. The second-order valence-corrected chi connectivity index (χ2v) is 6.63. The number of alkyl halides is 3. The zero-order valence-corrected chi connectivity index (χ0v) is 15.3. The molecule has 146 valence electrons. The number of ketones is 1. The van der Waals surface area contributed by atoms with Crippen molar-refractivity contribution >= 4 is 17.3 Å². The van der Waals surface area contributed by atoms with Crippen LogP contribution in [0.4, 0.5) is 24.7 Å². The number of pyridine rings is 1. The van der Waals surface area contributed by atoms with Crippen molar-refractivity contribution in [2.45, 2.75) is 19.5 Å². The number of aromatic nitrogens is 1. The van der Waals surface area contributed by atoms with E-state index in [9.17, 15) is 23.2 Å². The molecule has 5 nitrogen and oxygen atoms in total. The van der Waals surface area contributed by atoms with E-state index in [4.69, 9.17) is 0 Å². The Hall–Kier alpha value is -3.08. The average Bonchev–Trinajstić information content (AvgIpc) is 2.93. The number of hydrogen-bond acceptors (Lipinski definition) is 5. The Morgan fingerprint density at radius 1 is 1.11 bits per heavy atom. The molecule has 0 unspecified atom stereocenters. The number of nitriles is 1. The molecule has 1 aliphatic heterocycles. The quantitative estimate of drug-likeness (QED) is 0.747. The molecule has 2 heterocycles. The van der Waals surface area contributed by atoms with Crippen LogP contribution in [-0.4, -0.2) is 36.9 Å². The van der Waals surface area contributed by atoms with E-state index in [1.165, 1.54) is 13.0 Å². The van der Waals surface area contributed by atoms with E-state index < -0.39 is 11.7 Å². The third-order valence-corrected chi connectivity index (χ3v) is 4.76. The van der Waals surface area contributed by atoms with Crippen LogP contribution in [-0.2, 0) is 6.18 Å². The zero-order chi connectivity index (χ0) is 20.3. The monoisotopic (exact) mass is 388 g/mol. The van der Waals surface area contributed by atoms with Gasteiger partial charge >= 0.3 is 6.18 Å². The number of rotatable bonds is 3. The summed E-state index contributed by atoms with van der Waals surface area (Å²) in [5.74, 6) is 0.420. The van der Waals surface area contributed by atoms with Gasteiger partial charge in [0.1, 0.15) is 11.9 Å². The maximum atomic E-state index is 12.7. The molecule has 0 spiro atoms. The summed E-state index contributed by atoms with van der Waals surface area (Å²) < 4.78 is 38.1.